The molecule has 1 aliphatic rings. The first kappa shape index (κ1) is 11.8. The number of hydrogen-bond acceptors (Lipinski definition) is 2. The second kappa shape index (κ2) is 4.41. The summed E-state index contributed by atoms with van der Waals surface area (Å²) in [5, 5.41) is 4.58. The van der Waals surface area contributed by atoms with Crippen LogP contribution >= 0.6 is 0 Å². The van der Waals surface area contributed by atoms with E-state index in [0.717, 1.165) is 6.54 Å². The second-order valence-electron chi connectivity index (χ2n) is 5.51. The lowest BCUT2D eigenvalue weighted by Gasteiger charge is -2.46. The van der Waals surface area contributed by atoms with Gasteiger partial charge in [0.15, 0.2) is 0 Å². The lowest BCUT2D eigenvalue weighted by molar-refractivity contribution is 0.0954. The molecule has 18 heavy (non-hydrogen) atoms. The standard InChI is InChI=1S/C15H21N3/c1-17-10-15(7-4-8-15)14(16)12-9-18-13-6-3-2-5-11(12)13/h2-3,5-6,9,14,17-18H,4,7-8,10,16H2,1H3. The molecule has 96 valence electrons. The number of aromatic nitrogens is 1. The van der Waals surface area contributed by atoms with E-state index in [1.54, 1.807) is 0 Å². The Kier molecular flexibility index (Phi) is 2.88. The number of fused-ring (bicyclic) bond motifs is 1. The van der Waals surface area contributed by atoms with Crippen molar-refractivity contribution in [1.29, 1.82) is 0 Å². The first-order valence-corrected chi connectivity index (χ1v) is 6.73. The summed E-state index contributed by atoms with van der Waals surface area (Å²) in [6, 6.07) is 8.53. The Morgan fingerprint density at radius 1 is 1.39 bits per heavy atom. The molecule has 1 aliphatic carbocycles. The van der Waals surface area contributed by atoms with Gasteiger partial charge >= 0.3 is 0 Å². The highest BCUT2D eigenvalue weighted by Gasteiger charge is 2.43. The van der Waals surface area contributed by atoms with Gasteiger partial charge in [0.1, 0.15) is 0 Å². The van der Waals surface area contributed by atoms with E-state index in [9.17, 15) is 0 Å². The number of aromatic amines is 1. The fourth-order valence-electron chi connectivity index (χ4n) is 3.26. The first-order valence-electron chi connectivity index (χ1n) is 6.73. The maximum Gasteiger partial charge on any atom is 0.0457 e. The molecule has 0 radical (unpaired) electrons. The van der Waals surface area contributed by atoms with Gasteiger partial charge in [0.2, 0.25) is 0 Å². The third-order valence-electron chi connectivity index (χ3n) is 4.49. The molecule has 2 aromatic rings. The van der Waals surface area contributed by atoms with Crippen LogP contribution in [-0.2, 0) is 0 Å². The summed E-state index contributed by atoms with van der Waals surface area (Å²) in [7, 11) is 2.02. The molecule has 1 heterocycles. The van der Waals surface area contributed by atoms with E-state index >= 15 is 0 Å². The fraction of sp³-hybridized carbons (Fsp3) is 0.467. The van der Waals surface area contributed by atoms with Crippen molar-refractivity contribution in [3.05, 3.63) is 36.0 Å². The molecule has 1 unspecified atom stereocenters. The van der Waals surface area contributed by atoms with Crippen LogP contribution in [0.15, 0.2) is 30.5 Å². The molecule has 4 N–H and O–H groups in total. The van der Waals surface area contributed by atoms with Crippen molar-refractivity contribution >= 4 is 10.9 Å². The Hall–Kier alpha value is -1.32. The Morgan fingerprint density at radius 2 is 2.17 bits per heavy atom. The molecule has 0 spiro atoms. The largest absolute Gasteiger partial charge is 0.361 e. The molecular weight excluding hydrogens is 222 g/mol. The van der Waals surface area contributed by atoms with Crippen molar-refractivity contribution in [2.45, 2.75) is 25.3 Å². The number of para-hydroxylation sites is 1. The van der Waals surface area contributed by atoms with Gasteiger partial charge in [-0.05, 0) is 31.5 Å². The fourth-order valence-corrected chi connectivity index (χ4v) is 3.26. The molecule has 3 nitrogen and oxygen atoms in total. The van der Waals surface area contributed by atoms with Crippen molar-refractivity contribution in [1.82, 2.24) is 10.3 Å². The summed E-state index contributed by atoms with van der Waals surface area (Å²) in [6.45, 7) is 1.01. The predicted octanol–water partition coefficient (Wildman–Crippen LogP) is 2.56. The number of nitrogens with two attached hydrogens (primary N) is 1. The SMILES string of the molecule is CNCC1(C(N)c2c[nH]c3ccccc23)CCC1. The molecular formula is C15H21N3. The van der Waals surface area contributed by atoms with E-state index < -0.39 is 0 Å². The summed E-state index contributed by atoms with van der Waals surface area (Å²) < 4.78 is 0. The molecule has 1 fully saturated rings. The van der Waals surface area contributed by atoms with Crippen LogP contribution < -0.4 is 11.1 Å². The molecule has 3 heteroatoms. The van der Waals surface area contributed by atoms with Crippen LogP contribution in [0.5, 0.6) is 0 Å². The maximum absolute atomic E-state index is 6.57. The van der Waals surface area contributed by atoms with E-state index in [-0.39, 0.29) is 11.5 Å². The summed E-state index contributed by atoms with van der Waals surface area (Å²) in [5.74, 6) is 0. The monoisotopic (exact) mass is 243 g/mol. The highest BCUT2D eigenvalue weighted by molar-refractivity contribution is 5.83. The highest BCUT2D eigenvalue weighted by atomic mass is 14.9. The third kappa shape index (κ3) is 1.66. The minimum Gasteiger partial charge on any atom is -0.361 e. The Balaban J connectivity index is 1.98. The molecule has 0 aliphatic heterocycles. The zero-order valence-corrected chi connectivity index (χ0v) is 10.9. The van der Waals surface area contributed by atoms with E-state index in [1.165, 1.54) is 35.7 Å². The van der Waals surface area contributed by atoms with Gasteiger partial charge in [-0.15, -0.1) is 0 Å². The van der Waals surface area contributed by atoms with Gasteiger partial charge < -0.3 is 16.0 Å². The molecule has 1 atom stereocenters. The second-order valence-corrected chi connectivity index (χ2v) is 5.51. The van der Waals surface area contributed by atoms with E-state index in [4.69, 9.17) is 5.73 Å². The topological polar surface area (TPSA) is 53.8 Å². The molecule has 3 rings (SSSR count). The summed E-state index contributed by atoms with van der Waals surface area (Å²) in [4.78, 5) is 3.33. The minimum atomic E-state index is 0.120. The van der Waals surface area contributed by atoms with Crippen LogP contribution in [0.2, 0.25) is 0 Å². The minimum absolute atomic E-state index is 0.120. The molecule has 1 saturated carbocycles. The van der Waals surface area contributed by atoms with Crippen LogP contribution in [0.4, 0.5) is 0 Å². The van der Waals surface area contributed by atoms with Gasteiger partial charge in [0.25, 0.3) is 0 Å². The van der Waals surface area contributed by atoms with Crippen LogP contribution in [0.25, 0.3) is 10.9 Å². The van der Waals surface area contributed by atoms with Crippen LogP contribution in [0, 0.1) is 5.41 Å². The molecule has 1 aromatic heterocycles. The summed E-state index contributed by atoms with van der Waals surface area (Å²) in [6.07, 6.45) is 5.85. The number of hydrogen-bond donors (Lipinski definition) is 3. The maximum atomic E-state index is 6.57. The van der Waals surface area contributed by atoms with Crippen LogP contribution in [0.1, 0.15) is 30.9 Å². The van der Waals surface area contributed by atoms with E-state index in [1.807, 2.05) is 7.05 Å². The Labute approximate surface area is 108 Å². The van der Waals surface area contributed by atoms with Gasteiger partial charge in [-0.1, -0.05) is 24.6 Å². The van der Waals surface area contributed by atoms with Crippen molar-refractivity contribution in [3.63, 3.8) is 0 Å². The van der Waals surface area contributed by atoms with Gasteiger partial charge in [-0.3, -0.25) is 0 Å². The quantitative estimate of drug-likeness (QED) is 0.773. The van der Waals surface area contributed by atoms with E-state index in [0.29, 0.717) is 0 Å². The zero-order chi connectivity index (χ0) is 12.6. The smallest absolute Gasteiger partial charge is 0.0457 e. The van der Waals surface area contributed by atoms with Gasteiger partial charge in [0, 0.05) is 35.1 Å². The molecule has 0 bridgehead atoms. The average molecular weight is 243 g/mol. The molecule has 1 aromatic carbocycles. The van der Waals surface area contributed by atoms with Gasteiger partial charge in [-0.2, -0.15) is 0 Å². The van der Waals surface area contributed by atoms with Crippen molar-refractivity contribution < 1.29 is 0 Å². The van der Waals surface area contributed by atoms with Crippen LogP contribution in [0.3, 0.4) is 0 Å². The number of H-pyrrole nitrogens is 1. The zero-order valence-electron chi connectivity index (χ0n) is 10.9. The number of benzene rings is 1. The first-order chi connectivity index (χ1) is 8.77. The number of rotatable bonds is 4. The summed E-state index contributed by atoms with van der Waals surface area (Å²) >= 11 is 0. The molecule has 0 amide bonds. The van der Waals surface area contributed by atoms with Crippen molar-refractivity contribution in [3.8, 4) is 0 Å². The Morgan fingerprint density at radius 3 is 2.83 bits per heavy atom. The normalized spacial score (nSPS) is 19.7. The van der Waals surface area contributed by atoms with E-state index in [2.05, 4.69) is 40.8 Å². The third-order valence-corrected chi connectivity index (χ3v) is 4.49. The lowest BCUT2D eigenvalue weighted by atomic mass is 9.62. The Bertz CT molecular complexity index is 539. The number of nitrogens with one attached hydrogen (secondary N) is 2. The van der Waals surface area contributed by atoms with Crippen LogP contribution in [-0.4, -0.2) is 18.6 Å². The van der Waals surface area contributed by atoms with Crippen molar-refractivity contribution in [2.24, 2.45) is 11.1 Å². The van der Waals surface area contributed by atoms with Crippen molar-refractivity contribution in [2.75, 3.05) is 13.6 Å². The highest BCUT2D eigenvalue weighted by Crippen LogP contribution is 2.49. The molecule has 0 saturated heterocycles. The van der Waals surface area contributed by atoms with Gasteiger partial charge in [0.05, 0.1) is 0 Å². The average Bonchev–Trinajstić information content (AvgIpc) is 2.76. The predicted molar refractivity (Wildman–Crippen MR) is 75.4 cm³/mol. The lowest BCUT2D eigenvalue weighted by Crippen LogP contribution is -2.46. The van der Waals surface area contributed by atoms with Gasteiger partial charge in [-0.25, -0.2) is 0 Å². The summed E-state index contributed by atoms with van der Waals surface area (Å²) in [5.41, 5.74) is 9.27.